The molecule has 0 aliphatic heterocycles. The number of fused-ring (bicyclic) bond motifs is 1. The van der Waals surface area contributed by atoms with Gasteiger partial charge in [0.05, 0.1) is 11.0 Å². The molecule has 1 aromatic carbocycles. The number of benzene rings is 1. The molecule has 0 radical (unpaired) electrons. The molecule has 0 unspecified atom stereocenters. The van der Waals surface area contributed by atoms with E-state index in [4.69, 9.17) is 16.3 Å². The van der Waals surface area contributed by atoms with E-state index in [0.29, 0.717) is 39.6 Å². The van der Waals surface area contributed by atoms with E-state index in [2.05, 4.69) is 41.9 Å². The van der Waals surface area contributed by atoms with Crippen molar-refractivity contribution in [3.8, 4) is 5.75 Å². The number of nitrogens with zero attached hydrogens (tertiary/aromatic N) is 4. The molecular formula is C14H11Br2ClN4O2. The molecule has 3 aromatic rings. The predicted octanol–water partition coefficient (Wildman–Crippen LogP) is 3.39. The Kier molecular flexibility index (Phi) is 4.74. The third kappa shape index (κ3) is 3.29. The zero-order valence-corrected chi connectivity index (χ0v) is 15.9. The maximum Gasteiger partial charge on any atom is 0.265 e. The molecule has 6 nitrogen and oxygen atoms in total. The zero-order valence-electron chi connectivity index (χ0n) is 12.0. The molecule has 23 heavy (non-hydrogen) atoms. The molecule has 0 aliphatic rings. The SMILES string of the molecule is Cn1nc(Br)c2c(=O)n(CCOc3ccc(Cl)cc3Br)cnc21. The van der Waals surface area contributed by atoms with Gasteiger partial charge in [-0.1, -0.05) is 11.6 Å². The first-order valence-corrected chi connectivity index (χ1v) is 8.59. The maximum atomic E-state index is 12.5. The van der Waals surface area contributed by atoms with Gasteiger partial charge >= 0.3 is 0 Å². The van der Waals surface area contributed by atoms with Crippen LogP contribution in [0.15, 0.2) is 38.4 Å². The van der Waals surface area contributed by atoms with Gasteiger partial charge in [0.15, 0.2) is 5.65 Å². The van der Waals surface area contributed by atoms with Gasteiger partial charge in [0, 0.05) is 12.1 Å². The molecule has 0 saturated heterocycles. The molecular weight excluding hydrogens is 451 g/mol. The molecule has 120 valence electrons. The standard InChI is InChI=1S/C14H11Br2ClN4O2/c1-20-13-11(12(16)19-20)14(22)21(7-18-13)4-5-23-10-3-2-8(17)6-9(10)15/h2-3,6-7H,4-5H2,1H3. The van der Waals surface area contributed by atoms with Gasteiger partial charge in [0.25, 0.3) is 5.56 Å². The van der Waals surface area contributed by atoms with Gasteiger partial charge in [-0.3, -0.25) is 9.36 Å². The number of hydrogen-bond donors (Lipinski definition) is 0. The van der Waals surface area contributed by atoms with Crippen molar-refractivity contribution in [3.63, 3.8) is 0 Å². The highest BCUT2D eigenvalue weighted by molar-refractivity contribution is 9.10. The van der Waals surface area contributed by atoms with Gasteiger partial charge in [-0.25, -0.2) is 9.67 Å². The van der Waals surface area contributed by atoms with Crippen LogP contribution in [0.5, 0.6) is 5.75 Å². The fraction of sp³-hybridized carbons (Fsp3) is 0.214. The number of rotatable bonds is 4. The number of aromatic nitrogens is 4. The van der Waals surface area contributed by atoms with Crippen LogP contribution in [0.3, 0.4) is 0 Å². The quantitative estimate of drug-likeness (QED) is 0.597. The van der Waals surface area contributed by atoms with E-state index in [9.17, 15) is 4.79 Å². The van der Waals surface area contributed by atoms with E-state index in [0.717, 1.165) is 4.47 Å². The molecule has 0 saturated carbocycles. The molecule has 2 heterocycles. The summed E-state index contributed by atoms with van der Waals surface area (Å²) in [6, 6.07) is 5.27. The van der Waals surface area contributed by atoms with E-state index in [1.807, 2.05) is 0 Å². The zero-order chi connectivity index (χ0) is 16.6. The lowest BCUT2D eigenvalue weighted by Crippen LogP contribution is -2.23. The fourth-order valence-corrected chi connectivity index (χ4v) is 3.52. The minimum absolute atomic E-state index is 0.159. The monoisotopic (exact) mass is 460 g/mol. The van der Waals surface area contributed by atoms with Gasteiger partial charge in [-0.15, -0.1) is 0 Å². The average molecular weight is 463 g/mol. The second kappa shape index (κ2) is 6.62. The van der Waals surface area contributed by atoms with Crippen molar-refractivity contribution in [1.82, 2.24) is 19.3 Å². The Morgan fingerprint density at radius 1 is 1.35 bits per heavy atom. The fourth-order valence-electron chi connectivity index (χ4n) is 2.14. The molecule has 3 rings (SSSR count). The second-order valence-electron chi connectivity index (χ2n) is 4.78. The molecule has 0 fully saturated rings. The predicted molar refractivity (Wildman–Crippen MR) is 95.1 cm³/mol. The summed E-state index contributed by atoms with van der Waals surface area (Å²) in [5.41, 5.74) is 0.383. The van der Waals surface area contributed by atoms with Crippen LogP contribution in [0.4, 0.5) is 0 Å². The maximum absolute atomic E-state index is 12.5. The van der Waals surface area contributed by atoms with E-state index in [1.165, 1.54) is 10.9 Å². The minimum Gasteiger partial charge on any atom is -0.491 e. The van der Waals surface area contributed by atoms with Crippen molar-refractivity contribution in [3.05, 3.63) is 49.0 Å². The van der Waals surface area contributed by atoms with Crippen molar-refractivity contribution < 1.29 is 4.74 Å². The number of hydrogen-bond acceptors (Lipinski definition) is 4. The van der Waals surface area contributed by atoms with E-state index in [-0.39, 0.29) is 5.56 Å². The van der Waals surface area contributed by atoms with Gasteiger partial charge in [-0.2, -0.15) is 5.10 Å². The topological polar surface area (TPSA) is 61.9 Å². The average Bonchev–Trinajstić information content (AvgIpc) is 2.79. The Hall–Kier alpha value is -1.38. The third-order valence-electron chi connectivity index (χ3n) is 3.25. The summed E-state index contributed by atoms with van der Waals surface area (Å²) in [5.74, 6) is 0.666. The lowest BCUT2D eigenvalue weighted by atomic mass is 10.3. The highest BCUT2D eigenvalue weighted by Gasteiger charge is 2.13. The van der Waals surface area contributed by atoms with Gasteiger partial charge in [-0.05, 0) is 50.1 Å². The van der Waals surface area contributed by atoms with Crippen LogP contribution >= 0.6 is 43.5 Å². The van der Waals surface area contributed by atoms with Crippen LogP contribution in [-0.2, 0) is 13.6 Å². The first-order chi connectivity index (χ1) is 11.0. The summed E-state index contributed by atoms with van der Waals surface area (Å²) in [4.78, 5) is 16.7. The Morgan fingerprint density at radius 3 is 2.87 bits per heavy atom. The Bertz CT molecular complexity index is 938. The Labute approximate surface area is 153 Å². The largest absolute Gasteiger partial charge is 0.491 e. The van der Waals surface area contributed by atoms with Crippen molar-refractivity contribution in [2.75, 3.05) is 6.61 Å². The highest BCUT2D eigenvalue weighted by Crippen LogP contribution is 2.27. The number of aryl methyl sites for hydroxylation is 1. The summed E-state index contributed by atoms with van der Waals surface area (Å²) in [6.07, 6.45) is 1.50. The third-order valence-corrected chi connectivity index (χ3v) is 4.66. The van der Waals surface area contributed by atoms with Crippen molar-refractivity contribution in [1.29, 1.82) is 0 Å². The molecule has 0 spiro atoms. The Morgan fingerprint density at radius 2 is 2.13 bits per heavy atom. The molecule has 9 heteroatoms. The first kappa shape index (κ1) is 16.5. The summed E-state index contributed by atoms with van der Waals surface area (Å²) in [6.45, 7) is 0.698. The summed E-state index contributed by atoms with van der Waals surface area (Å²) in [7, 11) is 1.74. The first-order valence-electron chi connectivity index (χ1n) is 6.63. The van der Waals surface area contributed by atoms with E-state index < -0.39 is 0 Å². The van der Waals surface area contributed by atoms with E-state index >= 15 is 0 Å². The lowest BCUT2D eigenvalue weighted by molar-refractivity contribution is 0.294. The van der Waals surface area contributed by atoms with Crippen LogP contribution in [0.1, 0.15) is 0 Å². The van der Waals surface area contributed by atoms with Gasteiger partial charge < -0.3 is 4.74 Å². The minimum atomic E-state index is -0.159. The molecule has 0 aliphatic carbocycles. The van der Waals surface area contributed by atoms with Crippen LogP contribution in [0.25, 0.3) is 11.0 Å². The van der Waals surface area contributed by atoms with E-state index in [1.54, 1.807) is 29.9 Å². The lowest BCUT2D eigenvalue weighted by Gasteiger charge is -2.09. The van der Waals surface area contributed by atoms with Crippen LogP contribution in [0, 0.1) is 0 Å². The van der Waals surface area contributed by atoms with Crippen LogP contribution in [-0.4, -0.2) is 25.9 Å². The normalized spacial score (nSPS) is 11.1. The van der Waals surface area contributed by atoms with Crippen LogP contribution in [0.2, 0.25) is 5.02 Å². The second-order valence-corrected chi connectivity index (χ2v) is 6.82. The van der Waals surface area contributed by atoms with Crippen molar-refractivity contribution >= 4 is 54.5 Å². The summed E-state index contributed by atoms with van der Waals surface area (Å²) < 4.78 is 9.99. The molecule has 0 atom stereocenters. The molecule has 0 N–H and O–H groups in total. The highest BCUT2D eigenvalue weighted by atomic mass is 79.9. The molecule has 2 aromatic heterocycles. The van der Waals surface area contributed by atoms with Crippen molar-refractivity contribution in [2.24, 2.45) is 7.05 Å². The summed E-state index contributed by atoms with van der Waals surface area (Å²) >= 11 is 12.6. The smallest absolute Gasteiger partial charge is 0.265 e. The van der Waals surface area contributed by atoms with Crippen molar-refractivity contribution in [2.45, 2.75) is 6.54 Å². The summed E-state index contributed by atoms with van der Waals surface area (Å²) in [5, 5.41) is 5.23. The molecule has 0 amide bonds. The van der Waals surface area contributed by atoms with Gasteiger partial charge in [0.2, 0.25) is 0 Å². The number of halogens is 3. The van der Waals surface area contributed by atoms with Crippen LogP contribution < -0.4 is 10.3 Å². The Balaban J connectivity index is 1.78. The van der Waals surface area contributed by atoms with Gasteiger partial charge in [0.1, 0.15) is 28.7 Å². The number of ether oxygens (including phenoxy) is 1. The molecule has 0 bridgehead atoms.